The number of Topliss-reactive ketones (excluding diaryl/α,β-unsaturated/α-hetero) is 1. The minimum atomic E-state index is -0.268. The molecular formula is C26H36FNO3. The third-order valence-corrected chi connectivity index (χ3v) is 7.55. The van der Waals surface area contributed by atoms with E-state index in [1.807, 2.05) is 12.1 Å². The molecule has 1 saturated heterocycles. The molecule has 1 aromatic heterocycles. The van der Waals surface area contributed by atoms with E-state index in [4.69, 9.17) is 9.15 Å². The van der Waals surface area contributed by atoms with Gasteiger partial charge in [0.25, 0.3) is 0 Å². The lowest BCUT2D eigenvalue weighted by molar-refractivity contribution is -0.121. The zero-order valence-electron chi connectivity index (χ0n) is 18.8. The summed E-state index contributed by atoms with van der Waals surface area (Å²) < 4.78 is 24.3. The van der Waals surface area contributed by atoms with E-state index in [0.29, 0.717) is 36.2 Å². The molecule has 4 nitrogen and oxygen atoms in total. The van der Waals surface area contributed by atoms with Crippen molar-refractivity contribution in [2.75, 3.05) is 33.4 Å². The van der Waals surface area contributed by atoms with Gasteiger partial charge in [-0.05, 0) is 87.2 Å². The van der Waals surface area contributed by atoms with Gasteiger partial charge in [0, 0.05) is 25.3 Å². The Morgan fingerprint density at radius 2 is 1.84 bits per heavy atom. The molecule has 31 heavy (non-hydrogen) atoms. The standard InChI is InChI=1S/C26H36FNO3/c1-30-16-11-22(29)18-20-4-2-19(3-5-20)8-13-28-14-9-21(10-15-28)23-6-7-25(27)26-24(23)12-17-31-26/h6-7,12,17,19-21H,2-5,8-11,13-16,18H2,1H3. The Morgan fingerprint density at radius 1 is 1.10 bits per heavy atom. The average molecular weight is 430 g/mol. The first-order valence-corrected chi connectivity index (χ1v) is 12.0. The summed E-state index contributed by atoms with van der Waals surface area (Å²) in [6.45, 7) is 3.97. The predicted octanol–water partition coefficient (Wildman–Crippen LogP) is 5.94. The molecule has 0 N–H and O–H groups in total. The van der Waals surface area contributed by atoms with Gasteiger partial charge in [-0.1, -0.05) is 18.9 Å². The molecule has 0 atom stereocenters. The Bertz CT molecular complexity index is 847. The number of carbonyl (C=O) groups excluding carboxylic acids is 1. The van der Waals surface area contributed by atoms with Gasteiger partial charge in [-0.25, -0.2) is 4.39 Å². The zero-order valence-corrected chi connectivity index (χ0v) is 18.8. The number of hydrogen-bond donors (Lipinski definition) is 0. The smallest absolute Gasteiger partial charge is 0.169 e. The predicted molar refractivity (Wildman–Crippen MR) is 121 cm³/mol. The number of likely N-dealkylation sites (tertiary alicyclic amines) is 1. The van der Waals surface area contributed by atoms with Crippen LogP contribution in [0.5, 0.6) is 0 Å². The molecular weight excluding hydrogens is 393 g/mol. The molecule has 0 amide bonds. The van der Waals surface area contributed by atoms with Crippen molar-refractivity contribution in [2.45, 2.75) is 63.7 Å². The summed E-state index contributed by atoms with van der Waals surface area (Å²) >= 11 is 0. The van der Waals surface area contributed by atoms with E-state index in [9.17, 15) is 9.18 Å². The highest BCUT2D eigenvalue weighted by Gasteiger charge is 2.26. The van der Waals surface area contributed by atoms with Gasteiger partial charge < -0.3 is 14.1 Å². The van der Waals surface area contributed by atoms with Crippen molar-refractivity contribution >= 4 is 16.8 Å². The summed E-state index contributed by atoms with van der Waals surface area (Å²) in [6, 6.07) is 5.41. The van der Waals surface area contributed by atoms with E-state index >= 15 is 0 Å². The fourth-order valence-electron chi connectivity index (χ4n) is 5.60. The molecule has 2 heterocycles. The van der Waals surface area contributed by atoms with Crippen LogP contribution in [0.15, 0.2) is 28.9 Å². The highest BCUT2D eigenvalue weighted by molar-refractivity contribution is 5.82. The minimum absolute atomic E-state index is 0.268. The number of benzene rings is 1. The van der Waals surface area contributed by atoms with Crippen LogP contribution in [0.25, 0.3) is 11.0 Å². The summed E-state index contributed by atoms with van der Waals surface area (Å²) in [5, 5.41) is 0.941. The molecule has 0 unspecified atom stereocenters. The highest BCUT2D eigenvalue weighted by atomic mass is 19.1. The number of rotatable bonds is 9. The van der Waals surface area contributed by atoms with E-state index < -0.39 is 0 Å². The molecule has 1 aromatic carbocycles. The largest absolute Gasteiger partial charge is 0.461 e. The van der Waals surface area contributed by atoms with Crippen molar-refractivity contribution in [2.24, 2.45) is 11.8 Å². The Hall–Kier alpha value is -1.72. The molecule has 5 heteroatoms. The van der Waals surface area contributed by atoms with Gasteiger partial charge >= 0.3 is 0 Å². The Balaban J connectivity index is 1.17. The first-order chi connectivity index (χ1) is 15.1. The van der Waals surface area contributed by atoms with Gasteiger partial charge in [0.2, 0.25) is 0 Å². The molecule has 0 spiro atoms. The number of piperidine rings is 1. The normalized spacial score (nSPS) is 23.4. The maximum Gasteiger partial charge on any atom is 0.169 e. The fourth-order valence-corrected chi connectivity index (χ4v) is 5.60. The molecule has 1 aliphatic carbocycles. The van der Waals surface area contributed by atoms with E-state index in [1.165, 1.54) is 44.2 Å². The molecule has 170 valence electrons. The number of fused-ring (bicyclic) bond motifs is 1. The number of halogens is 1. The van der Waals surface area contributed by atoms with Gasteiger partial charge in [0.15, 0.2) is 11.4 Å². The minimum Gasteiger partial charge on any atom is -0.461 e. The Labute approximate surface area is 185 Å². The van der Waals surface area contributed by atoms with Crippen LogP contribution in [-0.4, -0.2) is 44.0 Å². The lowest BCUT2D eigenvalue weighted by atomic mass is 9.78. The SMILES string of the molecule is COCCC(=O)CC1CCC(CCN2CCC(c3ccc(F)c4occc34)CC2)CC1. The average Bonchev–Trinajstić information content (AvgIpc) is 3.29. The molecule has 4 rings (SSSR count). The first-order valence-electron chi connectivity index (χ1n) is 12.0. The van der Waals surface area contributed by atoms with E-state index in [1.54, 1.807) is 19.4 Å². The lowest BCUT2D eigenvalue weighted by Crippen LogP contribution is -2.34. The van der Waals surface area contributed by atoms with Crippen LogP contribution in [0.4, 0.5) is 4.39 Å². The molecule has 0 radical (unpaired) electrons. The van der Waals surface area contributed by atoms with Crippen LogP contribution in [0, 0.1) is 17.7 Å². The molecule has 1 aliphatic heterocycles. The van der Waals surface area contributed by atoms with Crippen molar-refractivity contribution < 1.29 is 18.3 Å². The van der Waals surface area contributed by atoms with Crippen molar-refractivity contribution in [1.29, 1.82) is 0 Å². The van der Waals surface area contributed by atoms with E-state index in [-0.39, 0.29) is 5.82 Å². The number of ether oxygens (including phenoxy) is 1. The van der Waals surface area contributed by atoms with Gasteiger partial charge in [-0.3, -0.25) is 4.79 Å². The summed E-state index contributed by atoms with van der Waals surface area (Å²) in [4.78, 5) is 14.6. The number of ketones is 1. The number of carbonyl (C=O) groups is 1. The Morgan fingerprint density at radius 3 is 2.58 bits per heavy atom. The summed E-state index contributed by atoms with van der Waals surface area (Å²) in [7, 11) is 1.65. The fraction of sp³-hybridized carbons (Fsp3) is 0.654. The maximum absolute atomic E-state index is 13.9. The third kappa shape index (κ3) is 5.75. The second kappa shape index (κ2) is 10.7. The zero-order chi connectivity index (χ0) is 21.6. The van der Waals surface area contributed by atoms with Crippen molar-refractivity contribution in [3.05, 3.63) is 35.8 Å². The van der Waals surface area contributed by atoms with Crippen LogP contribution in [0.3, 0.4) is 0 Å². The molecule has 2 fully saturated rings. The van der Waals surface area contributed by atoms with Crippen LogP contribution >= 0.6 is 0 Å². The second-order valence-electron chi connectivity index (χ2n) is 9.58. The number of methoxy groups -OCH3 is 1. The van der Waals surface area contributed by atoms with Gasteiger partial charge in [-0.2, -0.15) is 0 Å². The molecule has 2 aliphatic rings. The van der Waals surface area contributed by atoms with Crippen molar-refractivity contribution in [3.8, 4) is 0 Å². The maximum atomic E-state index is 13.9. The van der Waals surface area contributed by atoms with Crippen molar-refractivity contribution in [1.82, 2.24) is 4.90 Å². The van der Waals surface area contributed by atoms with Gasteiger partial charge in [0.1, 0.15) is 5.78 Å². The molecule has 1 saturated carbocycles. The summed E-state index contributed by atoms with van der Waals surface area (Å²) in [6.07, 6.45) is 11.4. The second-order valence-corrected chi connectivity index (χ2v) is 9.58. The first kappa shape index (κ1) is 22.5. The van der Waals surface area contributed by atoms with E-state index in [0.717, 1.165) is 43.7 Å². The molecule has 2 aromatic rings. The summed E-state index contributed by atoms with van der Waals surface area (Å²) in [5.74, 6) is 1.98. The lowest BCUT2D eigenvalue weighted by Gasteiger charge is -2.34. The Kier molecular flexibility index (Phi) is 7.78. The third-order valence-electron chi connectivity index (χ3n) is 7.55. The van der Waals surface area contributed by atoms with Gasteiger partial charge in [-0.15, -0.1) is 0 Å². The number of hydrogen-bond acceptors (Lipinski definition) is 4. The number of furan rings is 1. The van der Waals surface area contributed by atoms with Gasteiger partial charge in [0.05, 0.1) is 12.9 Å². The van der Waals surface area contributed by atoms with Crippen LogP contribution in [-0.2, 0) is 9.53 Å². The van der Waals surface area contributed by atoms with Crippen LogP contribution in [0.2, 0.25) is 0 Å². The van der Waals surface area contributed by atoms with Crippen molar-refractivity contribution in [3.63, 3.8) is 0 Å². The topological polar surface area (TPSA) is 42.7 Å². The highest BCUT2D eigenvalue weighted by Crippen LogP contribution is 2.36. The summed E-state index contributed by atoms with van der Waals surface area (Å²) in [5.41, 5.74) is 1.64. The quantitative estimate of drug-likeness (QED) is 0.494. The van der Waals surface area contributed by atoms with Crippen LogP contribution < -0.4 is 0 Å². The number of nitrogens with zero attached hydrogens (tertiary/aromatic N) is 1. The monoisotopic (exact) mass is 429 g/mol. The van der Waals surface area contributed by atoms with E-state index in [2.05, 4.69) is 4.90 Å². The molecule has 0 bridgehead atoms. The van der Waals surface area contributed by atoms with Crippen LogP contribution in [0.1, 0.15) is 69.3 Å².